The lowest BCUT2D eigenvalue weighted by molar-refractivity contribution is -0.141. The van der Waals surface area contributed by atoms with Gasteiger partial charge in [0, 0.05) is 34.7 Å². The Labute approximate surface area is 277 Å². The van der Waals surface area contributed by atoms with Crippen LogP contribution in [0.2, 0.25) is 5.02 Å². The number of carbonyl (C=O) groups excluding carboxylic acids is 3. The van der Waals surface area contributed by atoms with E-state index in [1.807, 2.05) is 85.8 Å². The zero-order chi connectivity index (χ0) is 32.0. The molecule has 3 amide bonds. The number of aliphatic hydroxyl groups is 1. The standard InChI is InChI=1S/C36H34ClN3O5S/c1-2-45-27-17-15-26(16-18-27)38-20-6-10-29-30(33(38)42)31-34(43)40(28(22-41)23-8-4-3-5-9-23)32-35(44)39(21-7-19-36(31,32)46-29)25-13-11-24(37)12-14-25/h3-19,28-32,41H,2,20-22H2,1H3/t28-,29-,30+,31+,32?,36+/m1/s1. The number of hydrogen-bond donors (Lipinski definition) is 1. The third kappa shape index (κ3) is 4.92. The van der Waals surface area contributed by atoms with Crippen molar-refractivity contribution in [3.05, 3.63) is 114 Å². The van der Waals surface area contributed by atoms with Crippen molar-refractivity contribution in [2.45, 2.75) is 29.0 Å². The number of aliphatic hydroxyl groups excluding tert-OH is 1. The highest BCUT2D eigenvalue weighted by molar-refractivity contribution is 8.02. The average molecular weight is 656 g/mol. The fraction of sp³-hybridized carbons (Fsp3) is 0.306. The number of anilines is 2. The topological polar surface area (TPSA) is 90.4 Å². The lowest BCUT2D eigenvalue weighted by Crippen LogP contribution is -2.54. The first-order valence-corrected chi connectivity index (χ1v) is 16.7. The van der Waals surface area contributed by atoms with Gasteiger partial charge in [0.05, 0.1) is 35.8 Å². The molecule has 8 nitrogen and oxygen atoms in total. The van der Waals surface area contributed by atoms with Gasteiger partial charge in [-0.25, -0.2) is 0 Å². The molecular weight excluding hydrogens is 622 g/mol. The van der Waals surface area contributed by atoms with Gasteiger partial charge in [0.15, 0.2) is 0 Å². The molecule has 1 N–H and O–H groups in total. The largest absolute Gasteiger partial charge is 0.494 e. The number of ether oxygens (including phenoxy) is 1. The Morgan fingerprint density at radius 2 is 1.54 bits per heavy atom. The molecule has 4 aliphatic rings. The van der Waals surface area contributed by atoms with Gasteiger partial charge >= 0.3 is 0 Å². The summed E-state index contributed by atoms with van der Waals surface area (Å²) in [5.74, 6) is -1.56. The second kappa shape index (κ2) is 12.3. The predicted molar refractivity (Wildman–Crippen MR) is 180 cm³/mol. The van der Waals surface area contributed by atoms with Crippen LogP contribution in [0.4, 0.5) is 11.4 Å². The molecule has 0 aromatic heterocycles. The molecule has 0 radical (unpaired) electrons. The van der Waals surface area contributed by atoms with Crippen LogP contribution >= 0.6 is 23.4 Å². The van der Waals surface area contributed by atoms with Crippen LogP contribution in [0.15, 0.2) is 103 Å². The molecule has 0 aliphatic carbocycles. The summed E-state index contributed by atoms with van der Waals surface area (Å²) < 4.78 is 4.57. The Morgan fingerprint density at radius 3 is 2.22 bits per heavy atom. The van der Waals surface area contributed by atoms with Crippen molar-refractivity contribution < 1.29 is 24.2 Å². The molecule has 3 aromatic rings. The summed E-state index contributed by atoms with van der Waals surface area (Å²) in [5.41, 5.74) is 2.08. The van der Waals surface area contributed by atoms with E-state index in [2.05, 4.69) is 0 Å². The van der Waals surface area contributed by atoms with Crippen LogP contribution in [0.3, 0.4) is 0 Å². The smallest absolute Gasteiger partial charge is 0.251 e. The highest BCUT2D eigenvalue weighted by atomic mass is 35.5. The second-order valence-corrected chi connectivity index (χ2v) is 13.8. The minimum Gasteiger partial charge on any atom is -0.494 e. The van der Waals surface area contributed by atoms with E-state index in [1.165, 1.54) is 11.8 Å². The number of carbonyl (C=O) groups is 3. The van der Waals surface area contributed by atoms with Crippen molar-refractivity contribution in [3.63, 3.8) is 0 Å². The molecule has 46 heavy (non-hydrogen) atoms. The Hall–Kier alpha value is -4.05. The summed E-state index contributed by atoms with van der Waals surface area (Å²) in [6.45, 7) is 2.73. The fourth-order valence-corrected chi connectivity index (χ4v) is 9.53. The predicted octanol–water partition coefficient (Wildman–Crippen LogP) is 5.28. The quantitative estimate of drug-likeness (QED) is 0.349. The van der Waals surface area contributed by atoms with Crippen molar-refractivity contribution in [1.29, 1.82) is 0 Å². The Bertz CT molecular complexity index is 1700. The number of amides is 3. The first-order valence-electron chi connectivity index (χ1n) is 15.5. The van der Waals surface area contributed by atoms with Crippen LogP contribution in [-0.4, -0.2) is 70.1 Å². The van der Waals surface area contributed by atoms with Gasteiger partial charge in [-0.05, 0) is 61.0 Å². The highest BCUT2D eigenvalue weighted by Crippen LogP contribution is 2.62. The Balaban J connectivity index is 1.33. The van der Waals surface area contributed by atoms with Crippen LogP contribution < -0.4 is 14.5 Å². The van der Waals surface area contributed by atoms with Crippen LogP contribution in [0.25, 0.3) is 0 Å². The molecule has 3 aromatic carbocycles. The number of thioether (sulfide) groups is 1. The average Bonchev–Trinajstić information content (AvgIpc) is 3.38. The van der Waals surface area contributed by atoms with E-state index in [0.29, 0.717) is 41.8 Å². The van der Waals surface area contributed by atoms with Gasteiger partial charge in [-0.15, -0.1) is 11.8 Å². The summed E-state index contributed by atoms with van der Waals surface area (Å²) in [6, 6.07) is 22.0. The lowest BCUT2D eigenvalue weighted by atomic mass is 9.78. The number of rotatable bonds is 7. The van der Waals surface area contributed by atoms with Crippen molar-refractivity contribution in [2.24, 2.45) is 11.8 Å². The maximum atomic E-state index is 14.9. The van der Waals surface area contributed by atoms with E-state index in [9.17, 15) is 19.5 Å². The van der Waals surface area contributed by atoms with Gasteiger partial charge in [0.1, 0.15) is 11.8 Å². The van der Waals surface area contributed by atoms with Crippen molar-refractivity contribution in [3.8, 4) is 5.75 Å². The molecule has 1 spiro atoms. The first kappa shape index (κ1) is 30.6. The highest BCUT2D eigenvalue weighted by Gasteiger charge is 2.72. The maximum absolute atomic E-state index is 14.9. The van der Waals surface area contributed by atoms with Gasteiger partial charge < -0.3 is 24.5 Å². The van der Waals surface area contributed by atoms with Crippen LogP contribution in [0, 0.1) is 11.8 Å². The van der Waals surface area contributed by atoms with Crippen LogP contribution in [0.1, 0.15) is 18.5 Å². The first-order chi connectivity index (χ1) is 22.4. The van der Waals surface area contributed by atoms with Gasteiger partial charge in [0.25, 0.3) is 5.91 Å². The number of likely N-dealkylation sites (tertiary alicyclic amines) is 1. The van der Waals surface area contributed by atoms with Crippen molar-refractivity contribution in [2.75, 3.05) is 36.1 Å². The van der Waals surface area contributed by atoms with E-state index in [1.54, 1.807) is 39.0 Å². The minimum absolute atomic E-state index is 0.164. The molecule has 7 rings (SSSR count). The molecule has 2 saturated heterocycles. The molecule has 1 unspecified atom stereocenters. The Kier molecular flexibility index (Phi) is 8.17. The second-order valence-electron chi connectivity index (χ2n) is 11.8. The van der Waals surface area contributed by atoms with Crippen molar-refractivity contribution >= 4 is 52.5 Å². The van der Waals surface area contributed by atoms with Crippen LogP contribution in [-0.2, 0) is 14.4 Å². The van der Waals surface area contributed by atoms with E-state index < -0.39 is 28.7 Å². The molecule has 236 valence electrons. The number of halogens is 1. The number of nitrogens with zero attached hydrogens (tertiary/aromatic N) is 3. The van der Waals surface area contributed by atoms with Crippen molar-refractivity contribution in [1.82, 2.24) is 4.90 Å². The third-order valence-corrected chi connectivity index (χ3v) is 11.4. The third-order valence-electron chi connectivity index (χ3n) is 9.39. The van der Waals surface area contributed by atoms with Crippen LogP contribution in [0.5, 0.6) is 5.75 Å². The van der Waals surface area contributed by atoms with E-state index >= 15 is 0 Å². The van der Waals surface area contributed by atoms with Gasteiger partial charge in [-0.2, -0.15) is 0 Å². The van der Waals surface area contributed by atoms with Gasteiger partial charge in [0.2, 0.25) is 11.8 Å². The summed E-state index contributed by atoms with van der Waals surface area (Å²) >= 11 is 7.69. The number of fused-ring (bicyclic) bond motifs is 2. The molecule has 4 aliphatic heterocycles. The summed E-state index contributed by atoms with van der Waals surface area (Å²) in [5, 5.41) is 11.0. The van der Waals surface area contributed by atoms with E-state index in [0.717, 1.165) is 5.56 Å². The Morgan fingerprint density at radius 1 is 0.891 bits per heavy atom. The minimum atomic E-state index is -1.03. The number of hydrogen-bond acceptors (Lipinski definition) is 6. The summed E-state index contributed by atoms with van der Waals surface area (Å²) in [6.07, 6.45) is 7.91. The normalized spacial score (nSPS) is 27.6. The molecule has 6 atom stereocenters. The zero-order valence-electron chi connectivity index (χ0n) is 25.2. The summed E-state index contributed by atoms with van der Waals surface area (Å²) in [7, 11) is 0. The molecule has 0 bridgehead atoms. The monoisotopic (exact) mass is 655 g/mol. The maximum Gasteiger partial charge on any atom is 0.251 e. The summed E-state index contributed by atoms with van der Waals surface area (Å²) in [4.78, 5) is 49.3. The van der Waals surface area contributed by atoms with Gasteiger partial charge in [-0.3, -0.25) is 14.4 Å². The number of benzene rings is 3. The SMILES string of the molecule is CCOc1ccc(N2CC=C[C@H]3S[C@]45C=CCN(c6ccc(Cl)cc6)C(=O)C4N([C@H](CO)c4ccccc4)C(=O)[C@@H]5[C@H]3C2=O)cc1. The van der Waals surface area contributed by atoms with E-state index in [4.69, 9.17) is 16.3 Å². The van der Waals surface area contributed by atoms with Gasteiger partial charge in [-0.1, -0.05) is 66.2 Å². The lowest BCUT2D eigenvalue weighted by Gasteiger charge is -2.38. The fourth-order valence-electron chi connectivity index (χ4n) is 7.42. The molecule has 2 fully saturated rings. The zero-order valence-corrected chi connectivity index (χ0v) is 26.8. The molecular formula is C36H34ClN3O5S. The molecule has 0 saturated carbocycles. The molecule has 4 heterocycles. The van der Waals surface area contributed by atoms with E-state index in [-0.39, 0.29) is 29.6 Å². The molecule has 10 heteroatoms.